The van der Waals surface area contributed by atoms with E-state index < -0.39 is 112 Å². The van der Waals surface area contributed by atoms with Crippen molar-refractivity contribution in [3.63, 3.8) is 0 Å². The predicted octanol–water partition coefficient (Wildman–Crippen LogP) is 0.692. The Kier molecular flexibility index (Phi) is 8.03. The van der Waals surface area contributed by atoms with Crippen molar-refractivity contribution in [3.05, 3.63) is 59.2 Å². The third kappa shape index (κ3) is 5.67. The van der Waals surface area contributed by atoms with Gasteiger partial charge in [-0.1, -0.05) is 12.1 Å². The van der Waals surface area contributed by atoms with Crippen LogP contribution in [0.3, 0.4) is 0 Å². The number of esters is 3. The highest BCUT2D eigenvalue weighted by Crippen LogP contribution is 2.52. The molecule has 0 amide bonds. The van der Waals surface area contributed by atoms with Gasteiger partial charge < -0.3 is 64.9 Å². The highest BCUT2D eigenvalue weighted by molar-refractivity contribution is 6.08. The van der Waals surface area contributed by atoms with E-state index >= 15 is 0 Å². The number of ether oxygens (including phenoxy) is 4. The molecule has 236 valence electrons. The molecule has 0 unspecified atom stereocenters. The van der Waals surface area contributed by atoms with Crippen LogP contribution >= 0.6 is 0 Å². The number of rotatable bonds is 3. The molecule has 16 nitrogen and oxygen atoms in total. The van der Waals surface area contributed by atoms with Gasteiger partial charge in [0, 0.05) is 17.2 Å². The minimum atomic E-state index is -2.06. The SMILES string of the molecule is O=C(/C=C/c1ccc(O)cc1)O[C@@H]1O[C@@H]2COC(=O)c3cc(O)c(O)c(O)c3-c3c(cc(O)c(O)c3O)C(=O)O[C@H]2[C@H](O)[C@H]1O. The molecule has 2 heterocycles. The Morgan fingerprint density at radius 1 is 0.778 bits per heavy atom. The van der Waals surface area contributed by atoms with Gasteiger partial charge in [0.25, 0.3) is 0 Å². The van der Waals surface area contributed by atoms with Gasteiger partial charge >= 0.3 is 17.9 Å². The minimum absolute atomic E-state index is 0.00900. The van der Waals surface area contributed by atoms with E-state index in [-0.39, 0.29) is 5.75 Å². The number of phenols is 7. The lowest BCUT2D eigenvalue weighted by Gasteiger charge is -2.41. The summed E-state index contributed by atoms with van der Waals surface area (Å²) >= 11 is 0. The van der Waals surface area contributed by atoms with Crippen LogP contribution in [0.25, 0.3) is 17.2 Å². The van der Waals surface area contributed by atoms with Crippen molar-refractivity contribution >= 4 is 24.0 Å². The van der Waals surface area contributed by atoms with Crippen molar-refractivity contribution in [2.45, 2.75) is 30.7 Å². The van der Waals surface area contributed by atoms with Crippen molar-refractivity contribution in [2.75, 3.05) is 6.61 Å². The molecular formula is C29H24O16. The first-order chi connectivity index (χ1) is 21.3. The Hall–Kier alpha value is -5.71. The van der Waals surface area contributed by atoms with Gasteiger partial charge in [-0.05, 0) is 35.9 Å². The van der Waals surface area contributed by atoms with Crippen LogP contribution in [0, 0.1) is 0 Å². The highest BCUT2D eigenvalue weighted by atomic mass is 16.7. The average molecular weight is 628 g/mol. The predicted molar refractivity (Wildman–Crippen MR) is 145 cm³/mol. The quantitative estimate of drug-likeness (QED) is 0.0835. The summed E-state index contributed by atoms with van der Waals surface area (Å²) in [6, 6.07) is 6.91. The van der Waals surface area contributed by atoms with E-state index in [0.717, 1.165) is 6.08 Å². The number of aromatic hydroxyl groups is 7. The topological polar surface area (TPSA) is 270 Å². The molecule has 9 N–H and O–H groups in total. The third-order valence-electron chi connectivity index (χ3n) is 7.00. The Labute approximate surface area is 251 Å². The second-order valence-electron chi connectivity index (χ2n) is 9.89. The van der Waals surface area contributed by atoms with Crippen molar-refractivity contribution < 1.29 is 79.3 Å². The van der Waals surface area contributed by atoms with E-state index in [1.165, 1.54) is 30.3 Å². The molecule has 1 fully saturated rings. The zero-order chi connectivity index (χ0) is 32.7. The van der Waals surface area contributed by atoms with E-state index in [2.05, 4.69) is 0 Å². The van der Waals surface area contributed by atoms with Gasteiger partial charge in [-0.3, -0.25) is 0 Å². The number of aliphatic hydroxyl groups is 2. The number of hydrogen-bond acceptors (Lipinski definition) is 16. The van der Waals surface area contributed by atoms with Gasteiger partial charge in [0.1, 0.15) is 30.7 Å². The van der Waals surface area contributed by atoms with E-state index in [1.807, 2.05) is 0 Å². The smallest absolute Gasteiger partial charge is 0.339 e. The number of aliphatic hydroxyl groups excluding tert-OH is 2. The van der Waals surface area contributed by atoms with Gasteiger partial charge in [-0.15, -0.1) is 0 Å². The zero-order valence-corrected chi connectivity index (χ0v) is 22.6. The molecule has 5 rings (SSSR count). The van der Waals surface area contributed by atoms with Gasteiger partial charge in [0.05, 0.1) is 11.1 Å². The second-order valence-corrected chi connectivity index (χ2v) is 9.89. The molecule has 16 heteroatoms. The van der Waals surface area contributed by atoms with Crippen molar-refractivity contribution in [3.8, 4) is 51.4 Å². The molecule has 2 aliphatic rings. The standard InChI is InChI=1S/C29H24O16/c30-11-4-1-10(2-5-11)3-6-17(33)44-29-25(39)24(38)26-16(43-29)9-42-27(40)12-7-14(31)20(34)22(36)18(12)19-13(28(41)45-26)8-15(32)21(35)23(19)37/h1-8,16,24-26,29-32,34-39H,9H2/b6-3+/t16-,24-,25-,26-,29+/m1/s1. The molecular weight excluding hydrogens is 604 g/mol. The number of benzene rings is 3. The van der Waals surface area contributed by atoms with Gasteiger partial charge in [0.2, 0.25) is 17.8 Å². The van der Waals surface area contributed by atoms with E-state index in [0.29, 0.717) is 17.7 Å². The first kappa shape index (κ1) is 30.7. The van der Waals surface area contributed by atoms with Gasteiger partial charge in [-0.25, -0.2) is 14.4 Å². The highest BCUT2D eigenvalue weighted by Gasteiger charge is 2.49. The molecule has 3 aromatic carbocycles. The molecule has 0 aromatic heterocycles. The fourth-order valence-corrected chi connectivity index (χ4v) is 4.73. The summed E-state index contributed by atoms with van der Waals surface area (Å²) in [5, 5.41) is 92.8. The molecule has 0 radical (unpaired) electrons. The van der Waals surface area contributed by atoms with Crippen LogP contribution in [0.15, 0.2) is 42.5 Å². The number of carbonyl (C=O) groups excluding carboxylic acids is 3. The van der Waals surface area contributed by atoms with E-state index in [4.69, 9.17) is 18.9 Å². The molecule has 45 heavy (non-hydrogen) atoms. The number of fused-ring (bicyclic) bond motifs is 4. The molecule has 1 saturated heterocycles. The zero-order valence-electron chi connectivity index (χ0n) is 22.6. The molecule has 2 aliphatic heterocycles. The number of phenolic OH excluding ortho intramolecular Hbond substituents is 7. The van der Waals surface area contributed by atoms with E-state index in [1.54, 1.807) is 0 Å². The summed E-state index contributed by atoms with van der Waals surface area (Å²) in [5.74, 6) is -10.9. The van der Waals surface area contributed by atoms with Gasteiger partial charge in [0.15, 0.2) is 29.1 Å². The maximum atomic E-state index is 13.4. The maximum Gasteiger partial charge on any atom is 0.339 e. The summed E-state index contributed by atoms with van der Waals surface area (Å²) in [6.45, 7) is -0.862. The Bertz CT molecular complexity index is 1710. The van der Waals surface area contributed by atoms with E-state index in [9.17, 15) is 60.3 Å². The third-order valence-corrected chi connectivity index (χ3v) is 7.00. The van der Waals surface area contributed by atoms with Crippen LogP contribution < -0.4 is 0 Å². The second kappa shape index (κ2) is 11.8. The van der Waals surface area contributed by atoms with Crippen LogP contribution in [0.5, 0.6) is 40.2 Å². The Morgan fingerprint density at radius 2 is 1.33 bits per heavy atom. The monoisotopic (exact) mass is 628 g/mol. The normalized spacial score (nSPS) is 23.1. The average Bonchev–Trinajstić information content (AvgIpc) is 3.02. The Balaban J connectivity index is 1.52. The minimum Gasteiger partial charge on any atom is -0.508 e. The lowest BCUT2D eigenvalue weighted by molar-refractivity contribution is -0.290. The summed E-state index contributed by atoms with van der Waals surface area (Å²) in [6.07, 6.45) is -7.22. The molecule has 0 aliphatic carbocycles. The first-order valence-corrected chi connectivity index (χ1v) is 12.9. The molecule has 0 spiro atoms. The van der Waals surface area contributed by atoms with Crippen LogP contribution in [0.2, 0.25) is 0 Å². The molecule has 5 atom stereocenters. The Morgan fingerprint density at radius 3 is 1.91 bits per heavy atom. The number of hydrogen-bond donors (Lipinski definition) is 9. The molecule has 3 aromatic rings. The summed E-state index contributed by atoms with van der Waals surface area (Å²) < 4.78 is 21.2. The van der Waals surface area contributed by atoms with Crippen LogP contribution in [0.4, 0.5) is 0 Å². The van der Waals surface area contributed by atoms with Gasteiger partial charge in [-0.2, -0.15) is 0 Å². The van der Waals surface area contributed by atoms with Crippen LogP contribution in [-0.4, -0.2) is 101 Å². The van der Waals surface area contributed by atoms with Crippen molar-refractivity contribution in [1.82, 2.24) is 0 Å². The van der Waals surface area contributed by atoms with Crippen molar-refractivity contribution in [2.24, 2.45) is 0 Å². The van der Waals surface area contributed by atoms with Crippen LogP contribution in [-0.2, 0) is 23.7 Å². The summed E-state index contributed by atoms with van der Waals surface area (Å²) in [5.41, 5.74) is -2.77. The number of carbonyl (C=O) groups is 3. The lowest BCUT2D eigenvalue weighted by Crippen LogP contribution is -2.61. The largest absolute Gasteiger partial charge is 0.508 e. The summed E-state index contributed by atoms with van der Waals surface area (Å²) in [4.78, 5) is 39.1. The van der Waals surface area contributed by atoms with Crippen LogP contribution in [0.1, 0.15) is 26.3 Å². The first-order valence-electron chi connectivity index (χ1n) is 12.9. The molecule has 0 saturated carbocycles. The fraction of sp³-hybridized carbons (Fsp3) is 0.207. The maximum absolute atomic E-state index is 13.4. The lowest BCUT2D eigenvalue weighted by atomic mass is 9.92. The molecule has 0 bridgehead atoms. The number of cyclic esters (lactones) is 1. The van der Waals surface area contributed by atoms with Crippen molar-refractivity contribution in [1.29, 1.82) is 0 Å². The fourth-order valence-electron chi connectivity index (χ4n) is 4.73. The summed E-state index contributed by atoms with van der Waals surface area (Å²) in [7, 11) is 0.